The van der Waals surface area contributed by atoms with E-state index in [1.807, 2.05) is 0 Å². The van der Waals surface area contributed by atoms with Gasteiger partial charge < -0.3 is 9.80 Å². The lowest BCUT2D eigenvalue weighted by molar-refractivity contribution is -0.131. The maximum atomic E-state index is 12.1. The molecule has 18 heavy (non-hydrogen) atoms. The Bertz CT molecular complexity index is 310. The van der Waals surface area contributed by atoms with Gasteiger partial charge in [-0.25, -0.2) is 0 Å². The van der Waals surface area contributed by atoms with Crippen LogP contribution in [0.5, 0.6) is 0 Å². The molecule has 2 rings (SSSR count). The van der Waals surface area contributed by atoms with Gasteiger partial charge in [-0.2, -0.15) is 0 Å². The van der Waals surface area contributed by atoms with Crippen LogP contribution < -0.4 is 5.32 Å². The third-order valence-corrected chi connectivity index (χ3v) is 4.58. The van der Waals surface area contributed by atoms with Gasteiger partial charge in [0.15, 0.2) is 0 Å². The Kier molecular flexibility index (Phi) is 3.97. The van der Waals surface area contributed by atoms with Crippen LogP contribution in [0.25, 0.3) is 0 Å². The van der Waals surface area contributed by atoms with E-state index in [4.69, 9.17) is 0 Å². The third-order valence-electron chi connectivity index (χ3n) is 4.58. The van der Waals surface area contributed by atoms with Gasteiger partial charge in [0.1, 0.15) is 0 Å². The van der Waals surface area contributed by atoms with Crippen LogP contribution in [0.3, 0.4) is 0 Å². The van der Waals surface area contributed by atoms with Crippen molar-refractivity contribution < 1.29 is 4.79 Å². The number of carbonyl (C=O) groups excluding carboxylic acids is 1. The van der Waals surface area contributed by atoms with Crippen molar-refractivity contribution in [1.82, 2.24) is 15.1 Å². The van der Waals surface area contributed by atoms with Crippen LogP contribution in [0.15, 0.2) is 0 Å². The zero-order chi connectivity index (χ0) is 13.3. The minimum absolute atomic E-state index is 0.233. The predicted molar refractivity (Wildman–Crippen MR) is 73.2 cm³/mol. The number of nitrogens with zero attached hydrogens (tertiary/aromatic N) is 2. The highest BCUT2D eigenvalue weighted by Gasteiger charge is 2.44. The van der Waals surface area contributed by atoms with Gasteiger partial charge in [0.25, 0.3) is 0 Å². The zero-order valence-electron chi connectivity index (χ0n) is 12.2. The van der Waals surface area contributed by atoms with E-state index in [9.17, 15) is 4.79 Å². The summed E-state index contributed by atoms with van der Waals surface area (Å²) in [6.07, 6.45) is 5.03. The fourth-order valence-corrected chi connectivity index (χ4v) is 3.09. The van der Waals surface area contributed by atoms with Crippen molar-refractivity contribution in [3.8, 4) is 0 Å². The van der Waals surface area contributed by atoms with Crippen LogP contribution in [0, 0.1) is 5.92 Å². The van der Waals surface area contributed by atoms with Crippen LogP contribution in [0.4, 0.5) is 0 Å². The molecule has 1 aliphatic carbocycles. The molecule has 0 spiro atoms. The Morgan fingerprint density at radius 2 is 2.11 bits per heavy atom. The van der Waals surface area contributed by atoms with E-state index in [0.29, 0.717) is 12.5 Å². The molecule has 4 nitrogen and oxygen atoms in total. The standard InChI is InChI=1S/C14H27N3O/c1-11(2)8-12-15-9-13(18)17(12)10-14(16(3)4)6-5-7-14/h11-12,15H,5-10H2,1-4H3. The molecule has 1 unspecified atom stereocenters. The Hall–Kier alpha value is -0.610. The van der Waals surface area contributed by atoms with Crippen molar-refractivity contribution in [3.05, 3.63) is 0 Å². The van der Waals surface area contributed by atoms with Crippen LogP contribution in [-0.2, 0) is 4.79 Å². The summed E-state index contributed by atoms with van der Waals surface area (Å²) >= 11 is 0. The average molecular weight is 253 g/mol. The van der Waals surface area contributed by atoms with E-state index in [1.54, 1.807) is 0 Å². The lowest BCUT2D eigenvalue weighted by Crippen LogP contribution is -2.59. The Morgan fingerprint density at radius 3 is 2.56 bits per heavy atom. The molecule has 1 atom stereocenters. The van der Waals surface area contributed by atoms with Gasteiger partial charge in [-0.05, 0) is 45.7 Å². The summed E-state index contributed by atoms with van der Waals surface area (Å²) in [7, 11) is 4.29. The minimum Gasteiger partial charge on any atom is -0.324 e. The number of amides is 1. The summed E-state index contributed by atoms with van der Waals surface area (Å²) in [6, 6.07) is 0. The predicted octanol–water partition coefficient (Wildman–Crippen LogP) is 1.27. The molecule has 0 aromatic heterocycles. The summed E-state index contributed by atoms with van der Waals surface area (Å²) in [6.45, 7) is 5.84. The van der Waals surface area contributed by atoms with Crippen molar-refractivity contribution in [2.45, 2.75) is 51.2 Å². The number of nitrogens with one attached hydrogen (secondary N) is 1. The molecular formula is C14H27N3O. The topological polar surface area (TPSA) is 35.6 Å². The van der Waals surface area contributed by atoms with E-state index in [0.717, 1.165) is 13.0 Å². The first kappa shape index (κ1) is 13.8. The van der Waals surface area contributed by atoms with Gasteiger partial charge in [0, 0.05) is 12.1 Å². The van der Waals surface area contributed by atoms with Crippen molar-refractivity contribution in [2.75, 3.05) is 27.2 Å². The second kappa shape index (κ2) is 5.17. The number of carbonyl (C=O) groups is 1. The highest BCUT2D eigenvalue weighted by Crippen LogP contribution is 2.37. The van der Waals surface area contributed by atoms with Crippen LogP contribution in [0.2, 0.25) is 0 Å². The first-order valence-electron chi connectivity index (χ1n) is 7.15. The Labute approximate surface area is 111 Å². The zero-order valence-corrected chi connectivity index (χ0v) is 12.2. The van der Waals surface area contributed by atoms with Crippen LogP contribution >= 0.6 is 0 Å². The molecule has 1 amide bonds. The lowest BCUT2D eigenvalue weighted by atomic mass is 9.75. The third kappa shape index (κ3) is 2.54. The van der Waals surface area contributed by atoms with Crippen molar-refractivity contribution in [1.29, 1.82) is 0 Å². The molecule has 1 saturated carbocycles. The smallest absolute Gasteiger partial charge is 0.237 e. The van der Waals surface area contributed by atoms with Crippen LogP contribution in [-0.4, -0.2) is 54.6 Å². The van der Waals surface area contributed by atoms with Crippen molar-refractivity contribution >= 4 is 5.91 Å². The molecular weight excluding hydrogens is 226 g/mol. The van der Waals surface area contributed by atoms with Gasteiger partial charge in [-0.15, -0.1) is 0 Å². The number of hydrogen-bond donors (Lipinski definition) is 1. The fourth-order valence-electron chi connectivity index (χ4n) is 3.09. The summed E-state index contributed by atoms with van der Waals surface area (Å²) in [4.78, 5) is 16.4. The van der Waals surface area contributed by atoms with E-state index in [2.05, 4.69) is 43.1 Å². The molecule has 2 aliphatic rings. The van der Waals surface area contributed by atoms with E-state index < -0.39 is 0 Å². The summed E-state index contributed by atoms with van der Waals surface area (Å²) in [5, 5.41) is 3.36. The minimum atomic E-state index is 0.233. The maximum Gasteiger partial charge on any atom is 0.237 e. The summed E-state index contributed by atoms with van der Waals surface area (Å²) in [5.41, 5.74) is 0.233. The van der Waals surface area contributed by atoms with E-state index in [-0.39, 0.29) is 17.6 Å². The molecule has 0 bridgehead atoms. The highest BCUT2D eigenvalue weighted by molar-refractivity contribution is 5.80. The molecule has 0 radical (unpaired) electrons. The molecule has 4 heteroatoms. The highest BCUT2D eigenvalue weighted by atomic mass is 16.2. The van der Waals surface area contributed by atoms with Crippen molar-refractivity contribution in [2.24, 2.45) is 5.92 Å². The Morgan fingerprint density at radius 1 is 1.44 bits per heavy atom. The SMILES string of the molecule is CC(C)CC1NCC(=O)N1CC1(N(C)C)CCC1. The van der Waals surface area contributed by atoms with Crippen LogP contribution in [0.1, 0.15) is 39.5 Å². The molecule has 104 valence electrons. The average Bonchev–Trinajstić information content (AvgIpc) is 2.53. The van der Waals surface area contributed by atoms with Gasteiger partial charge in [0.05, 0.1) is 12.7 Å². The number of hydrogen-bond acceptors (Lipinski definition) is 3. The monoisotopic (exact) mass is 253 g/mol. The quantitative estimate of drug-likeness (QED) is 0.801. The van der Waals surface area contributed by atoms with E-state index in [1.165, 1.54) is 19.3 Å². The first-order valence-corrected chi connectivity index (χ1v) is 7.15. The van der Waals surface area contributed by atoms with E-state index >= 15 is 0 Å². The molecule has 0 aromatic rings. The summed E-state index contributed by atoms with van der Waals surface area (Å²) < 4.78 is 0. The second-order valence-electron chi connectivity index (χ2n) is 6.52. The first-order chi connectivity index (χ1) is 8.44. The fraction of sp³-hybridized carbons (Fsp3) is 0.929. The molecule has 0 aromatic carbocycles. The second-order valence-corrected chi connectivity index (χ2v) is 6.52. The maximum absolute atomic E-state index is 12.1. The number of rotatable bonds is 5. The van der Waals surface area contributed by atoms with Gasteiger partial charge in [-0.1, -0.05) is 13.8 Å². The molecule has 1 heterocycles. The molecule has 1 aliphatic heterocycles. The van der Waals surface area contributed by atoms with Gasteiger partial charge in [-0.3, -0.25) is 10.1 Å². The molecule has 1 N–H and O–H groups in total. The lowest BCUT2D eigenvalue weighted by Gasteiger charge is -2.50. The summed E-state index contributed by atoms with van der Waals surface area (Å²) in [5.74, 6) is 0.890. The molecule has 1 saturated heterocycles. The van der Waals surface area contributed by atoms with Gasteiger partial charge >= 0.3 is 0 Å². The van der Waals surface area contributed by atoms with Crippen molar-refractivity contribution in [3.63, 3.8) is 0 Å². The van der Waals surface area contributed by atoms with Gasteiger partial charge in [0.2, 0.25) is 5.91 Å². The normalized spacial score (nSPS) is 27.1. The Balaban J connectivity index is 2.03. The number of likely N-dealkylation sites (N-methyl/N-ethyl adjacent to an activating group) is 1. The largest absolute Gasteiger partial charge is 0.324 e. The molecule has 2 fully saturated rings.